The standard InChI is InChI=1S/C17H22O5/c1-9-6-17(22-15(9)19)7-16(8-20-17)12-4-13(16)10(2)14(5-12)21-11(3)18/h9,12-14H,2,4-8H2,1,3H3/t9-,12+,13-,14-,16?,17+/m1/s1. The summed E-state index contributed by atoms with van der Waals surface area (Å²) in [7, 11) is 0. The van der Waals surface area contributed by atoms with E-state index in [1.807, 2.05) is 6.92 Å². The number of carbonyl (C=O) groups excluding carboxylic acids is 2. The van der Waals surface area contributed by atoms with E-state index in [1.54, 1.807) is 0 Å². The summed E-state index contributed by atoms with van der Waals surface area (Å²) in [5.74, 6) is -0.447. The molecule has 2 bridgehead atoms. The van der Waals surface area contributed by atoms with Crippen LogP contribution in [0.25, 0.3) is 0 Å². The molecule has 120 valence electrons. The fraction of sp³-hybridized carbons (Fsp3) is 0.765. The van der Waals surface area contributed by atoms with Crippen LogP contribution in [0.1, 0.15) is 39.5 Å². The van der Waals surface area contributed by atoms with Gasteiger partial charge in [0.05, 0.1) is 12.5 Å². The Kier molecular flexibility index (Phi) is 2.81. The predicted molar refractivity (Wildman–Crippen MR) is 76.5 cm³/mol. The molecule has 0 N–H and O–H groups in total. The third kappa shape index (κ3) is 1.75. The molecule has 4 rings (SSSR count). The number of fused-ring (bicyclic) bond motifs is 4. The van der Waals surface area contributed by atoms with Crippen LogP contribution in [0.4, 0.5) is 0 Å². The lowest BCUT2D eigenvalue weighted by atomic mass is 9.44. The molecule has 0 aromatic carbocycles. The summed E-state index contributed by atoms with van der Waals surface area (Å²) in [5, 5.41) is 0. The van der Waals surface area contributed by atoms with Crippen LogP contribution in [0.3, 0.4) is 0 Å². The van der Waals surface area contributed by atoms with Crippen molar-refractivity contribution in [3.8, 4) is 0 Å². The second kappa shape index (κ2) is 4.34. The van der Waals surface area contributed by atoms with Gasteiger partial charge in [0.2, 0.25) is 5.79 Å². The molecule has 1 unspecified atom stereocenters. The first kappa shape index (κ1) is 14.2. The Hall–Kier alpha value is -1.36. The second-order valence-electron chi connectivity index (χ2n) is 7.53. The molecule has 2 aliphatic carbocycles. The normalized spacial score (nSPS) is 49.4. The van der Waals surface area contributed by atoms with Gasteiger partial charge in [-0.1, -0.05) is 13.5 Å². The number of hydrogen-bond donors (Lipinski definition) is 0. The van der Waals surface area contributed by atoms with Crippen molar-refractivity contribution >= 4 is 11.9 Å². The molecule has 0 aromatic rings. The summed E-state index contributed by atoms with van der Waals surface area (Å²) < 4.78 is 17.0. The Morgan fingerprint density at radius 3 is 2.77 bits per heavy atom. The maximum Gasteiger partial charge on any atom is 0.311 e. The lowest BCUT2D eigenvalue weighted by Crippen LogP contribution is -2.58. The van der Waals surface area contributed by atoms with E-state index in [-0.39, 0.29) is 29.4 Å². The fourth-order valence-electron chi connectivity index (χ4n) is 5.12. The SMILES string of the molecule is C=C1[C@H]2C[C@@H](C[C@H]1OC(C)=O)C21CO[C@]2(C[C@@H](C)C(=O)O2)C1. The first-order valence-electron chi connectivity index (χ1n) is 8.08. The van der Waals surface area contributed by atoms with Crippen molar-refractivity contribution in [3.05, 3.63) is 12.2 Å². The van der Waals surface area contributed by atoms with Crippen molar-refractivity contribution in [3.63, 3.8) is 0 Å². The van der Waals surface area contributed by atoms with Crippen LogP contribution in [0.2, 0.25) is 0 Å². The van der Waals surface area contributed by atoms with Crippen LogP contribution in [-0.4, -0.2) is 30.4 Å². The monoisotopic (exact) mass is 306 g/mol. The maximum atomic E-state index is 11.8. The van der Waals surface area contributed by atoms with Crippen molar-refractivity contribution in [1.82, 2.24) is 0 Å². The van der Waals surface area contributed by atoms with Crippen LogP contribution in [0, 0.1) is 23.2 Å². The topological polar surface area (TPSA) is 61.8 Å². The van der Waals surface area contributed by atoms with E-state index >= 15 is 0 Å². The summed E-state index contributed by atoms with van der Waals surface area (Å²) in [4.78, 5) is 23.0. The van der Waals surface area contributed by atoms with Gasteiger partial charge in [-0.2, -0.15) is 0 Å². The second-order valence-corrected chi connectivity index (χ2v) is 7.53. The molecule has 0 amide bonds. The Balaban J connectivity index is 1.53. The molecule has 5 nitrogen and oxygen atoms in total. The van der Waals surface area contributed by atoms with Gasteiger partial charge in [0, 0.05) is 25.2 Å². The van der Waals surface area contributed by atoms with Crippen LogP contribution >= 0.6 is 0 Å². The summed E-state index contributed by atoms with van der Waals surface area (Å²) >= 11 is 0. The van der Waals surface area contributed by atoms with Gasteiger partial charge in [-0.15, -0.1) is 0 Å². The third-order valence-electron chi connectivity index (χ3n) is 6.20. The lowest BCUT2D eigenvalue weighted by molar-refractivity contribution is -0.192. The lowest BCUT2D eigenvalue weighted by Gasteiger charge is -2.60. The predicted octanol–water partition coefficient (Wildman–Crippen LogP) is 2.20. The van der Waals surface area contributed by atoms with Gasteiger partial charge < -0.3 is 14.2 Å². The molecular weight excluding hydrogens is 284 g/mol. The molecule has 0 aromatic heterocycles. The Bertz CT molecular complexity index is 569. The van der Waals surface area contributed by atoms with Gasteiger partial charge >= 0.3 is 11.9 Å². The summed E-state index contributed by atoms with van der Waals surface area (Å²) in [6.45, 7) is 8.14. The molecule has 4 fully saturated rings. The summed E-state index contributed by atoms with van der Waals surface area (Å²) in [5.41, 5.74) is 1.04. The van der Waals surface area contributed by atoms with Crippen LogP contribution in [-0.2, 0) is 23.8 Å². The average molecular weight is 306 g/mol. The minimum atomic E-state index is -0.720. The Labute approximate surface area is 130 Å². The number of esters is 2. The van der Waals surface area contributed by atoms with E-state index in [4.69, 9.17) is 14.2 Å². The summed E-state index contributed by atoms with van der Waals surface area (Å²) in [6.07, 6.45) is 3.15. The zero-order valence-corrected chi connectivity index (χ0v) is 13.1. The fourth-order valence-corrected chi connectivity index (χ4v) is 5.12. The zero-order chi connectivity index (χ0) is 15.7. The molecule has 22 heavy (non-hydrogen) atoms. The molecule has 2 spiro atoms. The van der Waals surface area contributed by atoms with Gasteiger partial charge in [0.25, 0.3) is 0 Å². The number of ether oxygens (including phenoxy) is 3. The van der Waals surface area contributed by atoms with Crippen LogP contribution in [0.15, 0.2) is 12.2 Å². The molecule has 5 heteroatoms. The van der Waals surface area contributed by atoms with E-state index in [0.29, 0.717) is 24.9 Å². The first-order valence-corrected chi connectivity index (χ1v) is 8.08. The highest BCUT2D eigenvalue weighted by atomic mass is 16.7. The summed E-state index contributed by atoms with van der Waals surface area (Å²) in [6, 6.07) is 0. The van der Waals surface area contributed by atoms with Crippen molar-refractivity contribution in [2.24, 2.45) is 23.2 Å². The van der Waals surface area contributed by atoms with E-state index in [0.717, 1.165) is 24.8 Å². The number of rotatable bonds is 1. The highest BCUT2D eigenvalue weighted by Gasteiger charge is 2.69. The molecular formula is C17H22O5. The van der Waals surface area contributed by atoms with E-state index < -0.39 is 5.79 Å². The first-order chi connectivity index (χ1) is 10.4. The van der Waals surface area contributed by atoms with Gasteiger partial charge in [-0.05, 0) is 30.3 Å². The highest BCUT2D eigenvalue weighted by molar-refractivity contribution is 5.74. The van der Waals surface area contributed by atoms with E-state index in [9.17, 15) is 9.59 Å². The molecule has 2 heterocycles. The van der Waals surface area contributed by atoms with Gasteiger partial charge in [0.1, 0.15) is 6.10 Å². The van der Waals surface area contributed by atoms with Crippen LogP contribution in [0.5, 0.6) is 0 Å². The molecule has 2 saturated carbocycles. The van der Waals surface area contributed by atoms with Crippen molar-refractivity contribution in [2.45, 2.75) is 51.4 Å². The van der Waals surface area contributed by atoms with Gasteiger partial charge in [-0.3, -0.25) is 9.59 Å². The third-order valence-corrected chi connectivity index (χ3v) is 6.20. The van der Waals surface area contributed by atoms with Gasteiger partial charge in [-0.25, -0.2) is 0 Å². The largest absolute Gasteiger partial charge is 0.458 e. The minimum Gasteiger partial charge on any atom is -0.458 e. The van der Waals surface area contributed by atoms with Crippen LogP contribution < -0.4 is 0 Å². The molecule has 2 aliphatic heterocycles. The quantitative estimate of drug-likeness (QED) is 0.549. The van der Waals surface area contributed by atoms with Crippen molar-refractivity contribution in [1.29, 1.82) is 0 Å². The molecule has 6 atom stereocenters. The average Bonchev–Trinajstić information content (AvgIpc) is 2.94. The van der Waals surface area contributed by atoms with Gasteiger partial charge in [0.15, 0.2) is 0 Å². The molecule has 0 radical (unpaired) electrons. The Morgan fingerprint density at radius 2 is 2.18 bits per heavy atom. The van der Waals surface area contributed by atoms with Crippen molar-refractivity contribution < 1.29 is 23.8 Å². The smallest absolute Gasteiger partial charge is 0.311 e. The number of hydrogen-bond acceptors (Lipinski definition) is 5. The minimum absolute atomic E-state index is 0.0259. The zero-order valence-electron chi connectivity index (χ0n) is 13.1. The van der Waals surface area contributed by atoms with E-state index in [2.05, 4.69) is 6.58 Å². The molecule has 2 saturated heterocycles. The maximum absolute atomic E-state index is 11.8. The highest BCUT2D eigenvalue weighted by Crippen LogP contribution is 2.68. The molecule has 4 aliphatic rings. The number of carbonyl (C=O) groups is 2. The van der Waals surface area contributed by atoms with Crippen molar-refractivity contribution in [2.75, 3.05) is 6.61 Å². The van der Waals surface area contributed by atoms with E-state index in [1.165, 1.54) is 6.92 Å². The Morgan fingerprint density at radius 1 is 1.41 bits per heavy atom.